The number of aromatic amines is 1. The number of carbonyl (C=O) groups is 1. The molecule has 5 rings (SSSR count). The summed E-state index contributed by atoms with van der Waals surface area (Å²) in [6.45, 7) is 0.0817. The van der Waals surface area contributed by atoms with Crippen molar-refractivity contribution in [3.8, 4) is 6.01 Å². The molecule has 1 unspecified atom stereocenters. The molecule has 0 spiro atoms. The summed E-state index contributed by atoms with van der Waals surface area (Å²) >= 11 is 0. The van der Waals surface area contributed by atoms with Gasteiger partial charge in [0.2, 0.25) is 11.5 Å². The molecule has 1 saturated carbocycles. The van der Waals surface area contributed by atoms with E-state index in [-0.39, 0.29) is 23.9 Å². The van der Waals surface area contributed by atoms with Crippen LogP contribution in [0.5, 0.6) is 6.01 Å². The molecule has 12 heteroatoms. The fraction of sp³-hybridized carbons (Fsp3) is 0.278. The standard InChI is InChI=1S/C18H18N8O4/c27-13-3-1-2-11(20-13)8-30-18-23-14-9(6-12-15(28)24-17(29)22-12)7-19-26(14)16(25-18)21-10-4-5-10/h1-3,6-7,10,15,28H,4-5,8H2,(H,20,27)(H,21,23,25)(H2,22,24,29)/b12-6-. The molecule has 0 radical (unpaired) electrons. The average molecular weight is 410 g/mol. The van der Waals surface area contributed by atoms with Crippen molar-refractivity contribution in [3.63, 3.8) is 0 Å². The summed E-state index contributed by atoms with van der Waals surface area (Å²) in [6, 6.07) is 4.71. The summed E-state index contributed by atoms with van der Waals surface area (Å²) in [5, 5.41) is 22.4. The van der Waals surface area contributed by atoms with E-state index in [1.165, 1.54) is 6.07 Å². The lowest BCUT2D eigenvalue weighted by atomic mass is 10.2. The number of rotatable bonds is 6. The van der Waals surface area contributed by atoms with Crippen molar-refractivity contribution >= 4 is 23.7 Å². The Morgan fingerprint density at radius 2 is 2.17 bits per heavy atom. The van der Waals surface area contributed by atoms with Gasteiger partial charge in [0.05, 0.1) is 17.6 Å². The summed E-state index contributed by atoms with van der Waals surface area (Å²) in [6.07, 6.45) is 4.08. The molecule has 1 aliphatic carbocycles. The van der Waals surface area contributed by atoms with Gasteiger partial charge in [-0.15, -0.1) is 0 Å². The first-order chi connectivity index (χ1) is 14.5. The number of aliphatic hydroxyl groups is 1. The maximum atomic E-state index is 11.5. The topological polar surface area (TPSA) is 159 Å². The largest absolute Gasteiger partial charge is 0.457 e. The normalized spacial score (nSPS) is 19.7. The van der Waals surface area contributed by atoms with Gasteiger partial charge in [0.15, 0.2) is 11.9 Å². The van der Waals surface area contributed by atoms with Crippen molar-refractivity contribution in [1.29, 1.82) is 0 Å². The number of pyridine rings is 1. The lowest BCUT2D eigenvalue weighted by molar-refractivity contribution is 0.192. The number of hydrogen-bond acceptors (Lipinski definition) is 8. The van der Waals surface area contributed by atoms with Gasteiger partial charge in [0, 0.05) is 17.7 Å². The number of ether oxygens (including phenoxy) is 1. The van der Waals surface area contributed by atoms with E-state index in [0.29, 0.717) is 28.9 Å². The maximum absolute atomic E-state index is 11.5. The van der Waals surface area contributed by atoms with Crippen molar-refractivity contribution in [2.75, 3.05) is 5.32 Å². The number of aromatic nitrogens is 5. The molecule has 4 heterocycles. The van der Waals surface area contributed by atoms with Crippen LogP contribution in [0, 0.1) is 0 Å². The Hall–Kier alpha value is -3.93. The summed E-state index contributed by atoms with van der Waals surface area (Å²) in [4.78, 5) is 34.4. The fourth-order valence-electron chi connectivity index (χ4n) is 2.98. The van der Waals surface area contributed by atoms with Crippen LogP contribution in [-0.2, 0) is 6.61 Å². The molecule has 2 fully saturated rings. The van der Waals surface area contributed by atoms with Gasteiger partial charge in [-0.25, -0.2) is 4.79 Å². The predicted octanol–water partition coefficient (Wildman–Crippen LogP) is -0.0620. The van der Waals surface area contributed by atoms with Gasteiger partial charge >= 0.3 is 12.0 Å². The number of hydrogen-bond donors (Lipinski definition) is 5. The molecular formula is C18H18N8O4. The predicted molar refractivity (Wildman–Crippen MR) is 104 cm³/mol. The van der Waals surface area contributed by atoms with Crippen molar-refractivity contribution in [3.05, 3.63) is 51.7 Å². The van der Waals surface area contributed by atoms with Crippen molar-refractivity contribution in [1.82, 2.24) is 35.2 Å². The summed E-state index contributed by atoms with van der Waals surface area (Å²) in [7, 11) is 0. The molecular weight excluding hydrogens is 392 g/mol. The highest BCUT2D eigenvalue weighted by Crippen LogP contribution is 2.26. The molecule has 3 aromatic rings. The maximum Gasteiger partial charge on any atom is 0.322 e. The van der Waals surface area contributed by atoms with Crippen LogP contribution in [-0.4, -0.2) is 48.0 Å². The lowest BCUT2D eigenvalue weighted by Gasteiger charge is -2.10. The molecule has 1 aliphatic heterocycles. The minimum atomic E-state index is -1.14. The number of carbonyl (C=O) groups excluding carboxylic acids is 1. The molecule has 30 heavy (non-hydrogen) atoms. The van der Waals surface area contributed by atoms with E-state index in [0.717, 1.165) is 12.8 Å². The summed E-state index contributed by atoms with van der Waals surface area (Å²) in [5.41, 5.74) is 1.65. The second-order valence-corrected chi connectivity index (χ2v) is 7.01. The van der Waals surface area contributed by atoms with Crippen LogP contribution in [0.15, 0.2) is 34.9 Å². The van der Waals surface area contributed by atoms with E-state index >= 15 is 0 Å². The van der Waals surface area contributed by atoms with Crippen LogP contribution in [0.1, 0.15) is 24.1 Å². The first-order valence-electron chi connectivity index (χ1n) is 9.36. The van der Waals surface area contributed by atoms with E-state index in [9.17, 15) is 14.7 Å². The number of H-pyrrole nitrogens is 1. The third kappa shape index (κ3) is 3.67. The number of urea groups is 1. The van der Waals surface area contributed by atoms with Crippen LogP contribution >= 0.6 is 0 Å². The van der Waals surface area contributed by atoms with Crippen molar-refractivity contribution in [2.24, 2.45) is 0 Å². The molecule has 2 amide bonds. The van der Waals surface area contributed by atoms with Gasteiger partial charge in [-0.3, -0.25) is 4.79 Å². The quantitative estimate of drug-likeness (QED) is 0.378. The van der Waals surface area contributed by atoms with E-state index < -0.39 is 12.3 Å². The Balaban J connectivity index is 1.50. The minimum Gasteiger partial charge on any atom is -0.457 e. The number of aliphatic hydroxyl groups excluding tert-OH is 1. The molecule has 5 N–H and O–H groups in total. The van der Waals surface area contributed by atoms with E-state index in [4.69, 9.17) is 4.74 Å². The number of nitrogens with one attached hydrogen (secondary N) is 4. The van der Waals surface area contributed by atoms with Crippen LogP contribution in [0.25, 0.3) is 11.7 Å². The Labute approximate surface area is 169 Å². The van der Waals surface area contributed by atoms with E-state index in [1.54, 1.807) is 28.9 Å². The van der Waals surface area contributed by atoms with Crippen LogP contribution in [0.3, 0.4) is 0 Å². The third-order valence-corrected chi connectivity index (χ3v) is 4.60. The molecule has 0 aromatic carbocycles. The van der Waals surface area contributed by atoms with Gasteiger partial charge in [0.1, 0.15) is 6.61 Å². The van der Waals surface area contributed by atoms with Gasteiger partial charge in [0.25, 0.3) is 0 Å². The monoisotopic (exact) mass is 410 g/mol. The van der Waals surface area contributed by atoms with Crippen molar-refractivity contribution < 1.29 is 14.6 Å². The Kier molecular flexibility index (Phi) is 4.32. The first-order valence-corrected chi connectivity index (χ1v) is 9.36. The highest BCUT2D eigenvalue weighted by molar-refractivity contribution is 5.83. The van der Waals surface area contributed by atoms with Crippen LogP contribution in [0.2, 0.25) is 0 Å². The number of fused-ring (bicyclic) bond motifs is 1. The van der Waals surface area contributed by atoms with Crippen LogP contribution < -0.4 is 26.2 Å². The number of amides is 2. The number of nitrogens with zero attached hydrogens (tertiary/aromatic N) is 4. The zero-order valence-electron chi connectivity index (χ0n) is 15.6. The Morgan fingerprint density at radius 1 is 1.30 bits per heavy atom. The molecule has 0 bridgehead atoms. The lowest BCUT2D eigenvalue weighted by Crippen LogP contribution is -2.25. The molecule has 1 atom stereocenters. The minimum absolute atomic E-state index is 0.0817. The van der Waals surface area contributed by atoms with E-state index in [1.807, 2.05) is 0 Å². The Bertz CT molecular complexity index is 1210. The van der Waals surface area contributed by atoms with Gasteiger partial charge in [-0.2, -0.15) is 19.6 Å². The third-order valence-electron chi connectivity index (χ3n) is 4.60. The zero-order valence-corrected chi connectivity index (χ0v) is 15.6. The van der Waals surface area contributed by atoms with Gasteiger partial charge < -0.3 is 30.8 Å². The highest BCUT2D eigenvalue weighted by atomic mass is 16.5. The van der Waals surface area contributed by atoms with Gasteiger partial charge in [-0.1, -0.05) is 6.07 Å². The second kappa shape index (κ2) is 7.15. The second-order valence-electron chi connectivity index (χ2n) is 7.01. The first kappa shape index (κ1) is 18.1. The highest BCUT2D eigenvalue weighted by Gasteiger charge is 2.26. The SMILES string of the molecule is O=C1N/C(=C\c2cnn3c(NC4CC4)nc(OCc4cccc(=O)[nH]4)nc23)C(O)N1. The molecule has 1 saturated heterocycles. The molecule has 154 valence electrons. The van der Waals surface area contributed by atoms with E-state index in [2.05, 4.69) is 36.0 Å². The Morgan fingerprint density at radius 3 is 2.90 bits per heavy atom. The fourth-order valence-corrected chi connectivity index (χ4v) is 2.98. The molecule has 2 aliphatic rings. The van der Waals surface area contributed by atoms with Gasteiger partial charge in [-0.05, 0) is 25.0 Å². The zero-order chi connectivity index (χ0) is 20.7. The summed E-state index contributed by atoms with van der Waals surface area (Å²) < 4.78 is 7.24. The number of anilines is 1. The molecule has 3 aromatic heterocycles. The molecule has 12 nitrogen and oxygen atoms in total. The van der Waals surface area contributed by atoms with Crippen molar-refractivity contribution in [2.45, 2.75) is 31.7 Å². The average Bonchev–Trinajstić information content (AvgIpc) is 3.35. The summed E-state index contributed by atoms with van der Waals surface area (Å²) in [5.74, 6) is 0.470. The smallest absolute Gasteiger partial charge is 0.322 e. The van der Waals surface area contributed by atoms with Crippen LogP contribution in [0.4, 0.5) is 10.7 Å².